The molecule has 0 aliphatic rings. The highest BCUT2D eigenvalue weighted by molar-refractivity contribution is 8.01. The van der Waals surface area contributed by atoms with Gasteiger partial charge in [0.25, 0.3) is 0 Å². The van der Waals surface area contributed by atoms with Crippen LogP contribution in [0.5, 0.6) is 0 Å². The molecule has 1 atom stereocenters. The average Bonchev–Trinajstić information content (AvgIpc) is 3.04. The third kappa shape index (κ3) is 5.43. The van der Waals surface area contributed by atoms with E-state index in [0.29, 0.717) is 18.2 Å². The Balaban J connectivity index is 2.32. The first-order chi connectivity index (χ1) is 12.0. The molecule has 1 unspecified atom stereocenters. The number of para-hydroxylation sites is 1. The third-order valence-electron chi connectivity index (χ3n) is 3.63. The first-order valence-corrected chi connectivity index (χ1v) is 10.6. The second-order valence-electron chi connectivity index (χ2n) is 5.91. The van der Waals surface area contributed by atoms with Crippen molar-refractivity contribution in [2.24, 2.45) is 0 Å². The first-order valence-electron chi connectivity index (χ1n) is 8.48. The van der Waals surface area contributed by atoms with E-state index in [4.69, 9.17) is 11.6 Å². The van der Waals surface area contributed by atoms with Crippen molar-refractivity contribution in [2.75, 3.05) is 4.90 Å². The number of aryl methyl sites for hydroxylation is 1. The van der Waals surface area contributed by atoms with Crippen LogP contribution >= 0.6 is 34.7 Å². The fourth-order valence-electron chi connectivity index (χ4n) is 2.39. The average molecular weight is 398 g/mol. The lowest BCUT2D eigenvalue weighted by molar-refractivity contribution is -0.118. The van der Waals surface area contributed by atoms with Crippen molar-refractivity contribution in [3.05, 3.63) is 34.8 Å². The van der Waals surface area contributed by atoms with Crippen LogP contribution in [0.25, 0.3) is 0 Å². The van der Waals surface area contributed by atoms with E-state index in [1.807, 2.05) is 31.2 Å². The van der Waals surface area contributed by atoms with Gasteiger partial charge in [0, 0.05) is 10.9 Å². The number of hydrogen-bond acceptors (Lipinski definition) is 5. The summed E-state index contributed by atoms with van der Waals surface area (Å²) in [5.41, 5.74) is 2.03. The number of alkyl halides is 1. The van der Waals surface area contributed by atoms with Crippen molar-refractivity contribution < 1.29 is 4.79 Å². The molecule has 25 heavy (non-hydrogen) atoms. The molecular weight excluding hydrogens is 374 g/mol. The Morgan fingerprint density at radius 2 is 2.00 bits per heavy atom. The molecule has 2 rings (SSSR count). The maximum absolute atomic E-state index is 12.9. The molecule has 1 aromatic heterocycles. The smallest absolute Gasteiger partial charge is 0.245 e. The van der Waals surface area contributed by atoms with Crippen LogP contribution in [0.1, 0.15) is 44.7 Å². The SMILES string of the molecule is CCc1ccccc1N(Cc1nnc(SC(C)C)s1)C(=O)C(Cl)CC. The number of rotatable bonds is 8. The zero-order valence-corrected chi connectivity index (χ0v) is 17.4. The number of carbonyl (C=O) groups excluding carboxylic acids is 1. The van der Waals surface area contributed by atoms with Gasteiger partial charge < -0.3 is 4.90 Å². The number of benzene rings is 1. The van der Waals surface area contributed by atoms with Crippen LogP contribution in [0.3, 0.4) is 0 Å². The number of anilines is 1. The van der Waals surface area contributed by atoms with Crippen molar-refractivity contribution in [1.29, 1.82) is 0 Å². The molecule has 7 heteroatoms. The van der Waals surface area contributed by atoms with E-state index in [1.54, 1.807) is 16.7 Å². The predicted octanol–water partition coefficient (Wildman–Crippen LogP) is 5.15. The molecule has 0 aliphatic carbocycles. The van der Waals surface area contributed by atoms with E-state index < -0.39 is 5.38 Å². The summed E-state index contributed by atoms with van der Waals surface area (Å²) in [6.45, 7) is 8.65. The Labute approximate surface area is 163 Å². The number of amides is 1. The Kier molecular flexibility index (Phi) is 7.72. The molecule has 0 spiro atoms. The third-order valence-corrected chi connectivity index (χ3v) is 6.13. The van der Waals surface area contributed by atoms with Crippen molar-refractivity contribution in [2.45, 2.75) is 62.0 Å². The minimum atomic E-state index is -0.539. The maximum atomic E-state index is 12.9. The summed E-state index contributed by atoms with van der Waals surface area (Å²) in [6, 6.07) is 7.96. The van der Waals surface area contributed by atoms with Crippen molar-refractivity contribution in [3.63, 3.8) is 0 Å². The Morgan fingerprint density at radius 3 is 2.64 bits per heavy atom. The lowest BCUT2D eigenvalue weighted by Crippen LogP contribution is -2.36. The van der Waals surface area contributed by atoms with Crippen molar-refractivity contribution in [1.82, 2.24) is 10.2 Å². The molecular formula is C18H24ClN3OS2. The van der Waals surface area contributed by atoms with Crippen molar-refractivity contribution in [3.8, 4) is 0 Å². The minimum Gasteiger partial charge on any atom is -0.304 e. The van der Waals surface area contributed by atoms with Crippen LogP contribution < -0.4 is 4.90 Å². The molecule has 1 amide bonds. The van der Waals surface area contributed by atoms with E-state index in [2.05, 4.69) is 31.0 Å². The maximum Gasteiger partial charge on any atom is 0.245 e. The monoisotopic (exact) mass is 397 g/mol. The number of carbonyl (C=O) groups is 1. The number of nitrogens with zero attached hydrogens (tertiary/aromatic N) is 3. The fourth-order valence-corrected chi connectivity index (χ4v) is 4.61. The fraction of sp³-hybridized carbons (Fsp3) is 0.500. The molecule has 1 heterocycles. The van der Waals surface area contributed by atoms with Crippen LogP contribution in [-0.2, 0) is 17.8 Å². The van der Waals surface area contributed by atoms with Gasteiger partial charge in [-0.25, -0.2) is 0 Å². The van der Waals surface area contributed by atoms with Gasteiger partial charge in [0.15, 0.2) is 4.34 Å². The zero-order valence-electron chi connectivity index (χ0n) is 15.0. The summed E-state index contributed by atoms with van der Waals surface area (Å²) in [5.74, 6) is -0.0849. The lowest BCUT2D eigenvalue weighted by atomic mass is 10.1. The normalized spacial score (nSPS) is 12.4. The molecule has 0 saturated carbocycles. The highest BCUT2D eigenvalue weighted by Gasteiger charge is 2.25. The topological polar surface area (TPSA) is 46.1 Å². The standard InChI is InChI=1S/C18H24ClN3OS2/c1-5-13-9-7-8-10-15(13)22(17(23)14(19)6-2)11-16-20-21-18(25-16)24-12(3)4/h7-10,12,14H,5-6,11H2,1-4H3. The van der Waals surface area contributed by atoms with E-state index in [9.17, 15) is 4.79 Å². The summed E-state index contributed by atoms with van der Waals surface area (Å²) in [5, 5.41) is 9.23. The molecule has 0 fully saturated rings. The molecule has 4 nitrogen and oxygen atoms in total. The van der Waals surface area contributed by atoms with Crippen LogP contribution in [-0.4, -0.2) is 26.7 Å². The van der Waals surface area contributed by atoms with Gasteiger partial charge in [-0.05, 0) is 24.5 Å². The number of aromatic nitrogens is 2. The minimum absolute atomic E-state index is 0.0849. The summed E-state index contributed by atoms with van der Waals surface area (Å²) in [7, 11) is 0. The van der Waals surface area contributed by atoms with Crippen molar-refractivity contribution >= 4 is 46.3 Å². The molecule has 0 saturated heterocycles. The van der Waals surface area contributed by atoms with Gasteiger partial charge in [-0.2, -0.15) is 0 Å². The van der Waals surface area contributed by atoms with Gasteiger partial charge >= 0.3 is 0 Å². The second-order valence-corrected chi connectivity index (χ2v) is 9.32. The summed E-state index contributed by atoms with van der Waals surface area (Å²) in [4.78, 5) is 14.6. The van der Waals surface area contributed by atoms with Gasteiger partial charge in [-0.3, -0.25) is 4.79 Å². The number of halogens is 1. The van der Waals surface area contributed by atoms with Gasteiger partial charge in [-0.15, -0.1) is 21.8 Å². The lowest BCUT2D eigenvalue weighted by Gasteiger charge is -2.26. The summed E-state index contributed by atoms with van der Waals surface area (Å²) < 4.78 is 0.930. The van der Waals surface area contributed by atoms with E-state index in [0.717, 1.165) is 27.0 Å². The quantitative estimate of drug-likeness (QED) is 0.456. The molecule has 0 N–H and O–H groups in total. The van der Waals surface area contributed by atoms with E-state index >= 15 is 0 Å². The number of thioether (sulfide) groups is 1. The van der Waals surface area contributed by atoms with Crippen LogP contribution in [0.2, 0.25) is 0 Å². The van der Waals surface area contributed by atoms with Gasteiger partial charge in [0.05, 0.1) is 6.54 Å². The molecule has 0 aliphatic heterocycles. The molecule has 1 aromatic carbocycles. The Morgan fingerprint density at radius 1 is 1.28 bits per heavy atom. The summed E-state index contributed by atoms with van der Waals surface area (Å²) in [6.07, 6.45) is 1.44. The van der Waals surface area contributed by atoms with E-state index in [1.165, 1.54) is 11.3 Å². The Hall–Kier alpha value is -1.11. The largest absolute Gasteiger partial charge is 0.304 e. The molecule has 136 valence electrons. The highest BCUT2D eigenvalue weighted by Crippen LogP contribution is 2.29. The zero-order chi connectivity index (χ0) is 18.4. The number of hydrogen-bond donors (Lipinski definition) is 0. The first kappa shape index (κ1) is 20.2. The Bertz CT molecular complexity index is 705. The molecule has 2 aromatic rings. The van der Waals surface area contributed by atoms with Gasteiger partial charge in [0.1, 0.15) is 10.4 Å². The van der Waals surface area contributed by atoms with Crippen LogP contribution in [0.15, 0.2) is 28.6 Å². The highest BCUT2D eigenvalue weighted by atomic mass is 35.5. The van der Waals surface area contributed by atoms with Crippen LogP contribution in [0, 0.1) is 0 Å². The molecule has 0 radical (unpaired) electrons. The van der Waals surface area contributed by atoms with Gasteiger partial charge in [-0.1, -0.05) is 69.0 Å². The van der Waals surface area contributed by atoms with E-state index in [-0.39, 0.29) is 5.91 Å². The second kappa shape index (κ2) is 9.55. The van der Waals surface area contributed by atoms with Gasteiger partial charge in [0.2, 0.25) is 5.91 Å². The van der Waals surface area contributed by atoms with Crippen LogP contribution in [0.4, 0.5) is 5.69 Å². The predicted molar refractivity (Wildman–Crippen MR) is 108 cm³/mol. The summed E-state index contributed by atoms with van der Waals surface area (Å²) >= 11 is 9.49. The molecule has 0 bridgehead atoms.